The van der Waals surface area contributed by atoms with Gasteiger partial charge in [0.25, 0.3) is 11.5 Å². The normalized spacial score (nSPS) is 23.8. The topological polar surface area (TPSA) is 182 Å². The van der Waals surface area contributed by atoms with Crippen LogP contribution in [0.3, 0.4) is 0 Å². The van der Waals surface area contributed by atoms with E-state index in [-0.39, 0.29) is 55.4 Å². The van der Waals surface area contributed by atoms with Crippen molar-refractivity contribution >= 4 is 17.7 Å². The monoisotopic (exact) mass is 623 g/mol. The van der Waals surface area contributed by atoms with E-state index in [1.54, 1.807) is 19.9 Å². The van der Waals surface area contributed by atoms with E-state index in [0.29, 0.717) is 36.8 Å². The number of nitrogens with one attached hydrogen (secondary N) is 2. The van der Waals surface area contributed by atoms with Gasteiger partial charge in [-0.2, -0.15) is 0 Å². The number of halogens is 1. The molecule has 0 radical (unpaired) electrons. The minimum atomic E-state index is -1.14. The Morgan fingerprint density at radius 1 is 1.18 bits per heavy atom. The fraction of sp³-hybridized carbons (Fsp3) is 0.500. The van der Waals surface area contributed by atoms with E-state index in [9.17, 15) is 28.7 Å². The highest BCUT2D eigenvalue weighted by Crippen LogP contribution is 2.43. The zero-order valence-corrected chi connectivity index (χ0v) is 25.1. The molecule has 14 nitrogen and oxygen atoms in total. The number of aromatic nitrogens is 4. The maximum atomic E-state index is 14.0. The molecule has 2 aromatic heterocycles. The third kappa shape index (κ3) is 5.56. The van der Waals surface area contributed by atoms with E-state index >= 15 is 0 Å². The third-order valence-electron chi connectivity index (χ3n) is 9.09. The number of likely N-dealkylation sites (tertiary alicyclic amines) is 1. The lowest BCUT2D eigenvalue weighted by Crippen LogP contribution is -2.55. The number of methoxy groups -OCH3 is 1. The minimum Gasteiger partial charge on any atom is -0.501 e. The van der Waals surface area contributed by atoms with Crippen LogP contribution < -0.4 is 16.2 Å². The van der Waals surface area contributed by atoms with Crippen LogP contribution in [0.1, 0.15) is 76.1 Å². The summed E-state index contributed by atoms with van der Waals surface area (Å²) in [7, 11) is 1.50. The summed E-state index contributed by atoms with van der Waals surface area (Å²) in [5.41, 5.74) is -1.35. The summed E-state index contributed by atoms with van der Waals surface area (Å²) in [6.45, 7) is 3.57. The Kier molecular flexibility index (Phi) is 7.89. The molecule has 45 heavy (non-hydrogen) atoms. The molecule has 1 aliphatic carbocycles. The number of ether oxygens (including phenoxy) is 1. The van der Waals surface area contributed by atoms with Crippen LogP contribution in [0.4, 0.5) is 4.39 Å². The highest BCUT2D eigenvalue weighted by atomic mass is 19.1. The number of carbonyl (C=O) groups excluding carboxylic acids is 3. The fourth-order valence-electron chi connectivity index (χ4n) is 6.60. The van der Waals surface area contributed by atoms with Crippen molar-refractivity contribution < 1.29 is 33.0 Å². The van der Waals surface area contributed by atoms with Crippen molar-refractivity contribution in [3.8, 4) is 5.75 Å². The predicted molar refractivity (Wildman–Crippen MR) is 154 cm³/mol. The van der Waals surface area contributed by atoms with Crippen LogP contribution >= 0.6 is 0 Å². The number of aryl methyl sites for hydroxylation is 2. The van der Waals surface area contributed by atoms with Gasteiger partial charge in [0.2, 0.25) is 17.5 Å². The summed E-state index contributed by atoms with van der Waals surface area (Å²) in [6, 6.07) is 3.46. The van der Waals surface area contributed by atoms with E-state index in [4.69, 9.17) is 9.15 Å². The molecule has 3 aliphatic heterocycles. The van der Waals surface area contributed by atoms with Gasteiger partial charge in [0.1, 0.15) is 17.7 Å². The highest BCUT2D eigenvalue weighted by molar-refractivity contribution is 5.95. The Labute approximate surface area is 257 Å². The maximum Gasteiger partial charge on any atom is 0.312 e. The van der Waals surface area contributed by atoms with Crippen molar-refractivity contribution in [1.29, 1.82) is 0 Å². The molecule has 2 fully saturated rings. The van der Waals surface area contributed by atoms with Crippen molar-refractivity contribution in [2.45, 2.75) is 76.7 Å². The average molecular weight is 624 g/mol. The van der Waals surface area contributed by atoms with Gasteiger partial charge in [-0.3, -0.25) is 23.7 Å². The number of carbonyl (C=O) groups is 3. The van der Waals surface area contributed by atoms with Crippen LogP contribution in [0.15, 0.2) is 27.4 Å². The van der Waals surface area contributed by atoms with Gasteiger partial charge in [0.15, 0.2) is 5.69 Å². The zero-order valence-electron chi connectivity index (χ0n) is 25.1. The van der Waals surface area contributed by atoms with Gasteiger partial charge < -0.3 is 29.8 Å². The molecule has 3 aromatic rings. The van der Waals surface area contributed by atoms with Crippen molar-refractivity contribution in [3.63, 3.8) is 0 Å². The molecule has 4 aliphatic rings. The third-order valence-corrected chi connectivity index (χ3v) is 9.09. The number of amides is 3. The Morgan fingerprint density at radius 2 is 1.93 bits per heavy atom. The predicted octanol–water partition coefficient (Wildman–Crippen LogP) is 1.46. The summed E-state index contributed by atoms with van der Waals surface area (Å²) >= 11 is 0. The quantitative estimate of drug-likeness (QED) is 0.349. The lowest BCUT2D eigenvalue weighted by Gasteiger charge is -2.38. The molecule has 15 heteroatoms. The minimum absolute atomic E-state index is 0.00915. The molecule has 5 heterocycles. The summed E-state index contributed by atoms with van der Waals surface area (Å²) in [6.07, 6.45) is 2.02. The molecule has 7 rings (SSSR count). The number of nitrogens with zero attached hydrogens (tertiary/aromatic N) is 5. The molecular formula is C30H34FN7O7. The second-order valence-electron chi connectivity index (χ2n) is 12.0. The first-order chi connectivity index (χ1) is 21.5. The molecule has 3 N–H and O–H groups in total. The zero-order chi connectivity index (χ0) is 32.0. The smallest absolute Gasteiger partial charge is 0.312 e. The van der Waals surface area contributed by atoms with Crippen molar-refractivity contribution in [1.82, 2.24) is 35.3 Å². The number of aromatic hydroxyl groups is 1. The van der Waals surface area contributed by atoms with Gasteiger partial charge in [-0.25, -0.2) is 9.37 Å². The summed E-state index contributed by atoms with van der Waals surface area (Å²) in [5.74, 6) is -2.79. The van der Waals surface area contributed by atoms with Gasteiger partial charge in [0.05, 0.1) is 11.6 Å². The van der Waals surface area contributed by atoms with Gasteiger partial charge >= 0.3 is 11.8 Å². The van der Waals surface area contributed by atoms with Crippen LogP contribution in [0.25, 0.3) is 0 Å². The molecular weight excluding hydrogens is 589 g/mol. The van der Waals surface area contributed by atoms with E-state index in [1.807, 2.05) is 0 Å². The number of hydrogen-bond acceptors (Lipinski definition) is 10. The summed E-state index contributed by atoms with van der Waals surface area (Å²) in [5, 5.41) is 24.1. The van der Waals surface area contributed by atoms with Crippen LogP contribution in [-0.4, -0.2) is 73.3 Å². The van der Waals surface area contributed by atoms with Crippen molar-refractivity contribution in [2.75, 3.05) is 13.7 Å². The van der Waals surface area contributed by atoms with Gasteiger partial charge in [-0.1, -0.05) is 12.1 Å². The molecule has 0 spiro atoms. The number of benzene rings is 1. The van der Waals surface area contributed by atoms with Crippen LogP contribution in [0.2, 0.25) is 0 Å². The van der Waals surface area contributed by atoms with E-state index in [1.165, 1.54) is 28.7 Å². The van der Waals surface area contributed by atoms with Gasteiger partial charge in [0, 0.05) is 40.1 Å². The second kappa shape index (κ2) is 11.7. The Balaban J connectivity index is 1.31. The van der Waals surface area contributed by atoms with Crippen LogP contribution in [0.5, 0.6) is 5.75 Å². The Hall–Kier alpha value is -4.66. The number of fused-ring (bicyclic) bond motifs is 2. The van der Waals surface area contributed by atoms with Crippen molar-refractivity contribution in [3.05, 3.63) is 68.8 Å². The van der Waals surface area contributed by atoms with E-state index in [2.05, 4.69) is 25.8 Å². The molecule has 1 aromatic carbocycles. The SMILES string of the molecule is CO[C@H]1CC(C(=O)NC23CCC(CC2)Cn2c3nc(C(=O)NCc3ccc(F)c(C)c3)c(O)c2=O)N(C(=O)c2nnc(C)o2)C1. The van der Waals surface area contributed by atoms with Gasteiger partial charge in [-0.05, 0) is 55.7 Å². The molecule has 238 valence electrons. The molecule has 1 saturated carbocycles. The van der Waals surface area contributed by atoms with Crippen LogP contribution in [-0.2, 0) is 28.2 Å². The fourth-order valence-corrected chi connectivity index (χ4v) is 6.60. The lowest BCUT2D eigenvalue weighted by atomic mass is 9.77. The Morgan fingerprint density at radius 3 is 2.60 bits per heavy atom. The van der Waals surface area contributed by atoms with Crippen LogP contribution in [0, 0.1) is 25.6 Å². The number of hydrogen-bond donors (Lipinski definition) is 3. The van der Waals surface area contributed by atoms with E-state index < -0.39 is 52.4 Å². The number of rotatable bonds is 7. The van der Waals surface area contributed by atoms with Gasteiger partial charge in [-0.15, -0.1) is 10.2 Å². The molecule has 3 amide bonds. The van der Waals surface area contributed by atoms with E-state index in [0.717, 1.165) is 0 Å². The maximum absolute atomic E-state index is 14.0. The first-order valence-electron chi connectivity index (χ1n) is 14.8. The first-order valence-corrected chi connectivity index (χ1v) is 14.8. The Bertz CT molecular complexity index is 1730. The second-order valence-corrected chi connectivity index (χ2v) is 12.0. The largest absolute Gasteiger partial charge is 0.501 e. The summed E-state index contributed by atoms with van der Waals surface area (Å²) in [4.78, 5) is 59.9. The molecule has 1 unspecified atom stereocenters. The standard InChI is InChI=1S/C30H34FN7O7/c1-15-10-18(4-5-20(15)31)12-32-25(41)22-23(39)27(42)38-13-17-6-8-30(9-7-17,29(38)33-22)34-24(40)21-11-19(44-3)14-37(21)28(43)26-36-35-16(2)45-26/h4-5,10,17,19,21,39H,6-9,11-14H2,1-3H3,(H,32,41)(H,34,40)/t17?,19-,21?,30?/m0/s1. The highest BCUT2D eigenvalue weighted by Gasteiger charge is 2.49. The average Bonchev–Trinajstić information content (AvgIpc) is 3.60. The first kappa shape index (κ1) is 30.4. The van der Waals surface area contributed by atoms with Crippen molar-refractivity contribution in [2.24, 2.45) is 5.92 Å². The summed E-state index contributed by atoms with van der Waals surface area (Å²) < 4.78 is 25.9. The molecule has 2 bridgehead atoms. The lowest BCUT2D eigenvalue weighted by molar-refractivity contribution is -0.127. The molecule has 2 atom stereocenters. The molecule has 1 saturated heterocycles.